The molecule has 0 spiro atoms. The number of carbonyl (C=O) groups is 2. The van der Waals surface area contributed by atoms with E-state index in [9.17, 15) is 9.59 Å². The molecule has 2 aromatic rings. The third-order valence-corrected chi connectivity index (χ3v) is 4.09. The van der Waals surface area contributed by atoms with E-state index in [-0.39, 0.29) is 18.9 Å². The SMILES string of the molecule is COc1ccc2c(CC(=O)N3CC[C@H](C(=O)O)C3)coc2c1. The van der Waals surface area contributed by atoms with Crippen molar-refractivity contribution in [1.82, 2.24) is 4.90 Å². The summed E-state index contributed by atoms with van der Waals surface area (Å²) in [5, 5.41) is 9.87. The lowest BCUT2D eigenvalue weighted by molar-refractivity contribution is -0.141. The van der Waals surface area contributed by atoms with Gasteiger partial charge in [0.1, 0.15) is 11.3 Å². The van der Waals surface area contributed by atoms with Gasteiger partial charge < -0.3 is 19.2 Å². The summed E-state index contributed by atoms with van der Waals surface area (Å²) in [5.74, 6) is -0.656. The molecule has 1 atom stereocenters. The summed E-state index contributed by atoms with van der Waals surface area (Å²) in [5.41, 5.74) is 1.48. The molecule has 2 heterocycles. The Morgan fingerprint density at radius 3 is 2.95 bits per heavy atom. The van der Waals surface area contributed by atoms with E-state index in [1.807, 2.05) is 12.1 Å². The molecule has 0 bridgehead atoms. The molecule has 0 unspecified atom stereocenters. The van der Waals surface area contributed by atoms with Gasteiger partial charge in [-0.1, -0.05) is 0 Å². The highest BCUT2D eigenvalue weighted by Gasteiger charge is 2.31. The number of methoxy groups -OCH3 is 1. The number of carboxylic acid groups (broad SMARTS) is 1. The van der Waals surface area contributed by atoms with Crippen LogP contribution in [0.15, 0.2) is 28.9 Å². The maximum atomic E-state index is 12.3. The van der Waals surface area contributed by atoms with Gasteiger partial charge in [-0.2, -0.15) is 0 Å². The van der Waals surface area contributed by atoms with Gasteiger partial charge >= 0.3 is 5.97 Å². The number of amides is 1. The molecule has 1 N–H and O–H groups in total. The first-order valence-corrected chi connectivity index (χ1v) is 7.13. The fourth-order valence-corrected chi connectivity index (χ4v) is 2.79. The minimum Gasteiger partial charge on any atom is -0.497 e. The molecule has 1 amide bonds. The molecule has 0 radical (unpaired) electrons. The average molecular weight is 303 g/mol. The molecule has 1 aromatic carbocycles. The first-order valence-electron chi connectivity index (χ1n) is 7.13. The predicted octanol–water partition coefficient (Wildman–Crippen LogP) is 1.92. The molecule has 1 aliphatic heterocycles. The van der Waals surface area contributed by atoms with Crippen LogP contribution in [0.5, 0.6) is 5.75 Å². The molecule has 6 nitrogen and oxygen atoms in total. The van der Waals surface area contributed by atoms with Gasteiger partial charge in [-0.25, -0.2) is 0 Å². The van der Waals surface area contributed by atoms with Gasteiger partial charge in [-0.15, -0.1) is 0 Å². The third-order valence-electron chi connectivity index (χ3n) is 4.09. The third kappa shape index (κ3) is 2.64. The minimum atomic E-state index is -0.837. The Bertz CT molecular complexity index is 720. The van der Waals surface area contributed by atoms with Crippen molar-refractivity contribution in [2.75, 3.05) is 20.2 Å². The van der Waals surface area contributed by atoms with Crippen LogP contribution < -0.4 is 4.74 Å². The van der Waals surface area contributed by atoms with Crippen molar-refractivity contribution in [3.8, 4) is 5.75 Å². The van der Waals surface area contributed by atoms with E-state index in [2.05, 4.69) is 0 Å². The maximum absolute atomic E-state index is 12.3. The van der Waals surface area contributed by atoms with Gasteiger partial charge in [0.2, 0.25) is 5.91 Å². The number of carboxylic acids is 1. The van der Waals surface area contributed by atoms with E-state index in [0.717, 1.165) is 10.9 Å². The van der Waals surface area contributed by atoms with Crippen LogP contribution in [0.4, 0.5) is 0 Å². The standard InChI is InChI=1S/C16H17NO5/c1-21-12-2-3-13-11(9-22-14(13)7-12)6-15(18)17-5-4-10(8-17)16(19)20/h2-3,7,9-10H,4-6,8H2,1H3,(H,19,20)/t10-/m0/s1. The Hall–Kier alpha value is -2.50. The summed E-state index contributed by atoms with van der Waals surface area (Å²) in [6, 6.07) is 5.46. The van der Waals surface area contributed by atoms with Crippen LogP contribution in [0, 0.1) is 5.92 Å². The van der Waals surface area contributed by atoms with E-state index in [4.69, 9.17) is 14.3 Å². The summed E-state index contributed by atoms with van der Waals surface area (Å²) in [4.78, 5) is 24.9. The van der Waals surface area contributed by atoms with E-state index >= 15 is 0 Å². The lowest BCUT2D eigenvalue weighted by Gasteiger charge is -2.15. The zero-order chi connectivity index (χ0) is 15.7. The van der Waals surface area contributed by atoms with Crippen LogP contribution in [0.2, 0.25) is 0 Å². The number of benzene rings is 1. The van der Waals surface area contributed by atoms with Crippen LogP contribution in [0.1, 0.15) is 12.0 Å². The van der Waals surface area contributed by atoms with E-state index < -0.39 is 11.9 Å². The maximum Gasteiger partial charge on any atom is 0.308 e. The number of furan rings is 1. The van der Waals surface area contributed by atoms with E-state index in [1.54, 1.807) is 24.3 Å². The van der Waals surface area contributed by atoms with Gasteiger partial charge in [0, 0.05) is 30.1 Å². The number of likely N-dealkylation sites (tertiary alicyclic amines) is 1. The number of nitrogens with zero attached hydrogens (tertiary/aromatic N) is 1. The van der Waals surface area contributed by atoms with Gasteiger partial charge in [-0.3, -0.25) is 9.59 Å². The summed E-state index contributed by atoms with van der Waals surface area (Å²) in [7, 11) is 1.58. The molecule has 22 heavy (non-hydrogen) atoms. The summed E-state index contributed by atoms with van der Waals surface area (Å²) in [6.07, 6.45) is 2.31. The summed E-state index contributed by atoms with van der Waals surface area (Å²) >= 11 is 0. The van der Waals surface area contributed by atoms with Crippen molar-refractivity contribution in [3.63, 3.8) is 0 Å². The quantitative estimate of drug-likeness (QED) is 0.933. The first-order chi connectivity index (χ1) is 10.6. The van der Waals surface area contributed by atoms with Gasteiger partial charge in [0.05, 0.1) is 25.7 Å². The molecule has 1 saturated heterocycles. The fraction of sp³-hybridized carbons (Fsp3) is 0.375. The molecule has 1 aliphatic rings. The van der Waals surface area contributed by atoms with Gasteiger partial charge in [-0.05, 0) is 18.6 Å². The topological polar surface area (TPSA) is 80.0 Å². The number of ether oxygens (including phenoxy) is 1. The number of aliphatic carboxylic acids is 1. The van der Waals surface area contributed by atoms with Crippen molar-refractivity contribution in [2.24, 2.45) is 5.92 Å². The molecular formula is C16H17NO5. The number of hydrogen-bond acceptors (Lipinski definition) is 4. The minimum absolute atomic E-state index is 0.0673. The number of hydrogen-bond donors (Lipinski definition) is 1. The second-order valence-electron chi connectivity index (χ2n) is 5.46. The Morgan fingerprint density at radius 1 is 1.45 bits per heavy atom. The van der Waals surface area contributed by atoms with Crippen molar-refractivity contribution >= 4 is 22.8 Å². The van der Waals surface area contributed by atoms with Crippen LogP contribution >= 0.6 is 0 Å². The Balaban J connectivity index is 1.73. The highest BCUT2D eigenvalue weighted by Crippen LogP contribution is 2.27. The Labute approximate surface area is 127 Å². The van der Waals surface area contributed by atoms with E-state index in [0.29, 0.717) is 24.3 Å². The largest absolute Gasteiger partial charge is 0.497 e. The average Bonchev–Trinajstić information content (AvgIpc) is 3.14. The number of rotatable bonds is 4. The zero-order valence-electron chi connectivity index (χ0n) is 12.2. The molecule has 0 aliphatic carbocycles. The highest BCUT2D eigenvalue weighted by atomic mass is 16.5. The fourth-order valence-electron chi connectivity index (χ4n) is 2.79. The van der Waals surface area contributed by atoms with Crippen LogP contribution in [0.25, 0.3) is 11.0 Å². The van der Waals surface area contributed by atoms with Crippen molar-refractivity contribution in [3.05, 3.63) is 30.0 Å². The molecule has 116 valence electrons. The second kappa shape index (κ2) is 5.71. The van der Waals surface area contributed by atoms with Crippen molar-refractivity contribution in [1.29, 1.82) is 0 Å². The summed E-state index contributed by atoms with van der Waals surface area (Å²) in [6.45, 7) is 0.789. The molecule has 1 aromatic heterocycles. The monoisotopic (exact) mass is 303 g/mol. The van der Waals surface area contributed by atoms with Crippen LogP contribution in [-0.2, 0) is 16.0 Å². The highest BCUT2D eigenvalue weighted by molar-refractivity contribution is 5.88. The van der Waals surface area contributed by atoms with Crippen molar-refractivity contribution in [2.45, 2.75) is 12.8 Å². The smallest absolute Gasteiger partial charge is 0.308 e. The molecule has 1 fully saturated rings. The van der Waals surface area contributed by atoms with Gasteiger partial charge in [0.25, 0.3) is 0 Å². The van der Waals surface area contributed by atoms with Gasteiger partial charge in [0.15, 0.2) is 0 Å². The number of carbonyl (C=O) groups excluding carboxylic acids is 1. The Morgan fingerprint density at radius 2 is 2.27 bits per heavy atom. The molecule has 0 saturated carbocycles. The summed E-state index contributed by atoms with van der Waals surface area (Å²) < 4.78 is 10.6. The lowest BCUT2D eigenvalue weighted by atomic mass is 10.1. The first kappa shape index (κ1) is 14.4. The second-order valence-corrected chi connectivity index (χ2v) is 5.46. The molecule has 6 heteroatoms. The van der Waals surface area contributed by atoms with E-state index in [1.165, 1.54) is 0 Å². The lowest BCUT2D eigenvalue weighted by Crippen LogP contribution is -2.31. The zero-order valence-corrected chi connectivity index (χ0v) is 12.2. The van der Waals surface area contributed by atoms with Crippen LogP contribution in [-0.4, -0.2) is 42.1 Å². The normalized spacial score (nSPS) is 17.9. The molecule has 3 rings (SSSR count). The predicted molar refractivity (Wildman–Crippen MR) is 78.8 cm³/mol. The van der Waals surface area contributed by atoms with Crippen LogP contribution in [0.3, 0.4) is 0 Å². The Kier molecular flexibility index (Phi) is 3.75. The van der Waals surface area contributed by atoms with Crippen molar-refractivity contribution < 1.29 is 23.8 Å². The molecular weight excluding hydrogens is 286 g/mol. The number of fused-ring (bicyclic) bond motifs is 1.